The topological polar surface area (TPSA) is 88.3 Å². The first-order valence-electron chi connectivity index (χ1n) is 7.99. The second kappa shape index (κ2) is 7.12. The van der Waals surface area contributed by atoms with Gasteiger partial charge in [-0.2, -0.15) is 5.10 Å². The number of hydrogen-bond donors (Lipinski definition) is 1. The Kier molecular flexibility index (Phi) is 4.94. The van der Waals surface area contributed by atoms with Crippen LogP contribution in [0.3, 0.4) is 0 Å². The van der Waals surface area contributed by atoms with Crippen molar-refractivity contribution in [2.75, 3.05) is 13.1 Å². The molecule has 0 bridgehead atoms. The van der Waals surface area contributed by atoms with Crippen molar-refractivity contribution >= 4 is 23.2 Å². The summed E-state index contributed by atoms with van der Waals surface area (Å²) in [7, 11) is 0. The molecule has 3 rings (SSSR count). The van der Waals surface area contributed by atoms with Gasteiger partial charge in [0.25, 0.3) is 0 Å². The Bertz CT molecular complexity index is 731. The van der Waals surface area contributed by atoms with Gasteiger partial charge in [-0.15, -0.1) is 11.3 Å². The summed E-state index contributed by atoms with van der Waals surface area (Å²) in [4.78, 5) is 29.6. The molecule has 0 atom stereocenters. The Hall–Kier alpha value is -2.22. The van der Waals surface area contributed by atoms with Gasteiger partial charge in [-0.1, -0.05) is 0 Å². The van der Waals surface area contributed by atoms with Crippen molar-refractivity contribution < 1.29 is 14.7 Å². The number of piperidine rings is 1. The predicted molar refractivity (Wildman–Crippen MR) is 89.2 cm³/mol. The largest absolute Gasteiger partial charge is 0.477 e. The number of thiazole rings is 1. The Morgan fingerprint density at radius 3 is 2.67 bits per heavy atom. The number of hydrogen-bond acceptors (Lipinski definition) is 5. The highest BCUT2D eigenvalue weighted by molar-refractivity contribution is 7.13. The van der Waals surface area contributed by atoms with Crippen molar-refractivity contribution in [2.24, 2.45) is 0 Å². The van der Waals surface area contributed by atoms with Crippen LogP contribution < -0.4 is 0 Å². The average molecular weight is 348 g/mol. The number of carboxylic acid groups (broad SMARTS) is 1. The maximum absolute atomic E-state index is 12.3. The Morgan fingerprint density at radius 2 is 2.08 bits per heavy atom. The van der Waals surface area contributed by atoms with E-state index in [9.17, 15) is 9.59 Å². The Labute approximate surface area is 143 Å². The zero-order valence-electron chi connectivity index (χ0n) is 13.5. The first-order chi connectivity index (χ1) is 11.5. The van der Waals surface area contributed by atoms with Crippen molar-refractivity contribution in [3.63, 3.8) is 0 Å². The summed E-state index contributed by atoms with van der Waals surface area (Å²) in [5.74, 6) is -0.534. The van der Waals surface area contributed by atoms with Crippen LogP contribution >= 0.6 is 11.3 Å². The monoisotopic (exact) mass is 348 g/mol. The molecule has 2 aromatic rings. The second-order valence-corrected chi connectivity index (χ2v) is 7.12. The lowest BCUT2D eigenvalue weighted by molar-refractivity contribution is -0.132. The van der Waals surface area contributed by atoms with Gasteiger partial charge in [0, 0.05) is 38.2 Å². The quantitative estimate of drug-likeness (QED) is 0.894. The van der Waals surface area contributed by atoms with Crippen LogP contribution in [0.5, 0.6) is 0 Å². The highest BCUT2D eigenvalue weighted by Crippen LogP contribution is 2.31. The summed E-state index contributed by atoms with van der Waals surface area (Å²) >= 11 is 1.24. The summed E-state index contributed by atoms with van der Waals surface area (Å²) in [5, 5.41) is 14.0. The van der Waals surface area contributed by atoms with Gasteiger partial charge in [0.15, 0.2) is 0 Å². The van der Waals surface area contributed by atoms with Crippen molar-refractivity contribution in [1.82, 2.24) is 19.7 Å². The van der Waals surface area contributed by atoms with Gasteiger partial charge in [-0.3, -0.25) is 9.48 Å². The lowest BCUT2D eigenvalue weighted by Gasteiger charge is -2.31. The minimum absolute atomic E-state index is 0.145. The molecule has 0 unspecified atom stereocenters. The zero-order chi connectivity index (χ0) is 17.1. The highest BCUT2D eigenvalue weighted by Gasteiger charge is 2.26. The number of likely N-dealkylation sites (tertiary alicyclic amines) is 1. The van der Waals surface area contributed by atoms with E-state index >= 15 is 0 Å². The average Bonchev–Trinajstić information content (AvgIpc) is 3.22. The van der Waals surface area contributed by atoms with Crippen LogP contribution in [-0.4, -0.2) is 49.7 Å². The molecule has 1 N–H and O–H groups in total. The fourth-order valence-corrected chi connectivity index (χ4v) is 3.83. The van der Waals surface area contributed by atoms with Gasteiger partial charge in [-0.05, 0) is 25.3 Å². The van der Waals surface area contributed by atoms with E-state index in [4.69, 9.17) is 5.11 Å². The first-order valence-corrected chi connectivity index (χ1v) is 8.80. The van der Waals surface area contributed by atoms with Gasteiger partial charge >= 0.3 is 5.97 Å². The third kappa shape index (κ3) is 3.81. The van der Waals surface area contributed by atoms with E-state index < -0.39 is 5.97 Å². The molecule has 1 fully saturated rings. The van der Waals surface area contributed by atoms with Crippen LogP contribution in [0.1, 0.15) is 45.4 Å². The van der Waals surface area contributed by atoms with Gasteiger partial charge in [-0.25, -0.2) is 9.78 Å². The van der Waals surface area contributed by atoms with E-state index in [2.05, 4.69) is 10.1 Å². The van der Waals surface area contributed by atoms with E-state index in [1.54, 1.807) is 10.9 Å². The molecular weight excluding hydrogens is 328 g/mol. The molecule has 1 saturated heterocycles. The minimum atomic E-state index is -0.930. The van der Waals surface area contributed by atoms with Crippen LogP contribution in [0.15, 0.2) is 18.6 Å². The molecule has 128 valence electrons. The number of aryl methyl sites for hydroxylation is 2. The predicted octanol–water partition coefficient (Wildman–Crippen LogP) is 2.14. The third-order valence-corrected chi connectivity index (χ3v) is 5.40. The molecule has 1 amide bonds. The van der Waals surface area contributed by atoms with Crippen LogP contribution in [0, 0.1) is 6.92 Å². The summed E-state index contributed by atoms with van der Waals surface area (Å²) in [6.45, 7) is 3.97. The van der Waals surface area contributed by atoms with Crippen molar-refractivity contribution in [3.05, 3.63) is 34.0 Å². The molecule has 24 heavy (non-hydrogen) atoms. The van der Waals surface area contributed by atoms with Crippen LogP contribution in [0.4, 0.5) is 0 Å². The molecule has 3 heterocycles. The van der Waals surface area contributed by atoms with Crippen LogP contribution in [0.25, 0.3) is 0 Å². The molecule has 2 aromatic heterocycles. The van der Waals surface area contributed by atoms with Crippen molar-refractivity contribution in [2.45, 2.75) is 38.6 Å². The number of nitrogens with zero attached hydrogens (tertiary/aromatic N) is 4. The number of aromatic nitrogens is 3. The molecule has 0 aromatic carbocycles. The molecule has 0 aliphatic carbocycles. The van der Waals surface area contributed by atoms with Gasteiger partial charge in [0.1, 0.15) is 4.88 Å². The Morgan fingerprint density at radius 1 is 1.33 bits per heavy atom. The van der Waals surface area contributed by atoms with Crippen molar-refractivity contribution in [3.8, 4) is 0 Å². The van der Waals surface area contributed by atoms with Gasteiger partial charge < -0.3 is 10.0 Å². The normalized spacial score (nSPS) is 15.6. The lowest BCUT2D eigenvalue weighted by atomic mass is 9.97. The molecule has 0 saturated carbocycles. The summed E-state index contributed by atoms with van der Waals surface area (Å²) in [5.41, 5.74) is 1.09. The maximum Gasteiger partial charge on any atom is 0.347 e. The van der Waals surface area contributed by atoms with E-state index in [-0.39, 0.29) is 16.7 Å². The minimum Gasteiger partial charge on any atom is -0.477 e. The summed E-state index contributed by atoms with van der Waals surface area (Å²) in [6.07, 6.45) is 7.26. The zero-order valence-corrected chi connectivity index (χ0v) is 14.3. The van der Waals surface area contributed by atoms with Gasteiger partial charge in [0.2, 0.25) is 5.91 Å². The highest BCUT2D eigenvalue weighted by atomic mass is 32.1. The fraction of sp³-hybridized carbons (Fsp3) is 0.500. The van der Waals surface area contributed by atoms with E-state index in [1.165, 1.54) is 17.5 Å². The molecule has 7 nitrogen and oxygen atoms in total. The number of amides is 1. The molecule has 8 heteroatoms. The van der Waals surface area contributed by atoms with E-state index in [0.29, 0.717) is 26.1 Å². The SMILES string of the molecule is Cc1cnn(CCC(=O)N2CCC(c3ncc(C(=O)O)s3)CC2)c1. The van der Waals surface area contributed by atoms with Crippen LogP contribution in [-0.2, 0) is 11.3 Å². The van der Waals surface area contributed by atoms with E-state index in [1.807, 2.05) is 18.0 Å². The fourth-order valence-electron chi connectivity index (χ4n) is 2.91. The first kappa shape index (κ1) is 16.6. The van der Waals surface area contributed by atoms with E-state index in [0.717, 1.165) is 23.4 Å². The van der Waals surface area contributed by atoms with Gasteiger partial charge in [0.05, 0.1) is 17.4 Å². The number of carbonyl (C=O) groups is 2. The molecule has 1 aliphatic heterocycles. The standard InChI is InChI=1S/C16H20N4O3S/c1-11-8-18-20(10-11)7-4-14(21)19-5-2-12(3-6-19)15-17-9-13(24-15)16(22)23/h8-10,12H,2-7H2,1H3,(H,22,23). The summed E-state index contributed by atoms with van der Waals surface area (Å²) < 4.78 is 1.79. The number of rotatable bonds is 5. The maximum atomic E-state index is 12.3. The Balaban J connectivity index is 1.48. The smallest absolute Gasteiger partial charge is 0.347 e. The number of aromatic carboxylic acids is 1. The molecule has 1 aliphatic rings. The second-order valence-electron chi connectivity index (χ2n) is 6.05. The lowest BCUT2D eigenvalue weighted by Crippen LogP contribution is -2.38. The van der Waals surface area contributed by atoms with Crippen LogP contribution in [0.2, 0.25) is 0 Å². The summed E-state index contributed by atoms with van der Waals surface area (Å²) in [6, 6.07) is 0. The van der Waals surface area contributed by atoms with Crippen molar-refractivity contribution in [1.29, 1.82) is 0 Å². The third-order valence-electron chi connectivity index (χ3n) is 4.25. The molecule has 0 radical (unpaired) electrons. The number of carbonyl (C=O) groups excluding carboxylic acids is 1. The molecular formula is C16H20N4O3S. The molecule has 0 spiro atoms. The number of carboxylic acids is 1.